The van der Waals surface area contributed by atoms with Crippen LogP contribution in [0.5, 0.6) is 0 Å². The predicted molar refractivity (Wildman–Crippen MR) is 104 cm³/mol. The summed E-state index contributed by atoms with van der Waals surface area (Å²) in [7, 11) is 0. The Hall–Kier alpha value is -2.70. The van der Waals surface area contributed by atoms with Gasteiger partial charge < -0.3 is 9.64 Å². The summed E-state index contributed by atoms with van der Waals surface area (Å²) >= 11 is 6.03. The Balaban J connectivity index is 1.49. The highest BCUT2D eigenvalue weighted by Gasteiger charge is 2.33. The summed E-state index contributed by atoms with van der Waals surface area (Å²) in [6, 6.07) is 11.3. The molecule has 1 amide bonds. The molecule has 2 aliphatic heterocycles. The van der Waals surface area contributed by atoms with Gasteiger partial charge in [0.15, 0.2) is 6.10 Å². The topological polar surface area (TPSA) is 63.9 Å². The fourth-order valence-corrected chi connectivity index (χ4v) is 4.18. The molecule has 142 valence electrons. The Morgan fingerprint density at radius 2 is 2.04 bits per heavy atom. The number of ether oxygens (including phenoxy) is 1. The highest BCUT2D eigenvalue weighted by Crippen LogP contribution is 2.30. The first-order valence-corrected chi connectivity index (χ1v) is 9.67. The average Bonchev–Trinajstić information content (AvgIpc) is 2.73. The molecule has 0 saturated heterocycles. The van der Waals surface area contributed by atoms with Crippen molar-refractivity contribution in [2.45, 2.75) is 25.5 Å². The fourth-order valence-electron chi connectivity index (χ4n) is 4.02. The van der Waals surface area contributed by atoms with E-state index in [1.54, 1.807) is 23.2 Å². The summed E-state index contributed by atoms with van der Waals surface area (Å²) < 4.78 is 7.26. The van der Waals surface area contributed by atoms with Gasteiger partial charge in [0, 0.05) is 19.2 Å². The van der Waals surface area contributed by atoms with E-state index in [9.17, 15) is 9.59 Å². The zero-order valence-corrected chi connectivity index (χ0v) is 15.9. The molecule has 6 nitrogen and oxygen atoms in total. The highest BCUT2D eigenvalue weighted by molar-refractivity contribution is 6.30. The van der Waals surface area contributed by atoms with Crippen molar-refractivity contribution in [1.82, 2.24) is 14.3 Å². The number of pyridine rings is 1. The van der Waals surface area contributed by atoms with Crippen LogP contribution in [0.2, 0.25) is 5.02 Å². The van der Waals surface area contributed by atoms with Crippen LogP contribution >= 0.6 is 11.6 Å². The molecule has 5 rings (SSSR count). The van der Waals surface area contributed by atoms with Gasteiger partial charge in [-0.3, -0.25) is 14.0 Å². The van der Waals surface area contributed by atoms with Crippen LogP contribution in [0, 0.1) is 0 Å². The third kappa shape index (κ3) is 2.80. The van der Waals surface area contributed by atoms with Crippen molar-refractivity contribution >= 4 is 23.2 Å². The smallest absolute Gasteiger partial charge is 0.263 e. The zero-order chi connectivity index (χ0) is 19.3. The maximum Gasteiger partial charge on any atom is 0.263 e. The summed E-state index contributed by atoms with van der Waals surface area (Å²) in [6.07, 6.45) is 2.30. The van der Waals surface area contributed by atoms with Crippen molar-refractivity contribution < 1.29 is 9.53 Å². The van der Waals surface area contributed by atoms with Gasteiger partial charge in [-0.15, -0.1) is 0 Å². The molecular weight excluding hydrogens is 378 g/mol. The van der Waals surface area contributed by atoms with Gasteiger partial charge in [-0.1, -0.05) is 35.9 Å². The monoisotopic (exact) mass is 395 g/mol. The normalized spacial score (nSPS) is 18.6. The quantitative estimate of drug-likeness (QED) is 0.635. The van der Waals surface area contributed by atoms with E-state index < -0.39 is 6.10 Å². The Kier molecular flexibility index (Phi) is 4.18. The number of aromatic nitrogens is 2. The van der Waals surface area contributed by atoms with Crippen molar-refractivity contribution in [2.24, 2.45) is 0 Å². The van der Waals surface area contributed by atoms with Crippen LogP contribution in [-0.2, 0) is 28.9 Å². The molecular formula is C21H18ClN3O3. The molecule has 4 heterocycles. The minimum Gasteiger partial charge on any atom is -0.363 e. The van der Waals surface area contributed by atoms with Crippen LogP contribution < -0.4 is 5.56 Å². The molecule has 1 atom stereocenters. The van der Waals surface area contributed by atoms with Gasteiger partial charge in [-0.05, 0) is 29.7 Å². The molecule has 0 bridgehead atoms. The Labute approximate surface area is 166 Å². The molecule has 28 heavy (non-hydrogen) atoms. The molecule has 0 N–H and O–H groups in total. The summed E-state index contributed by atoms with van der Waals surface area (Å²) in [5, 5.41) is 0.465. The number of amides is 1. The number of benzene rings is 1. The first-order chi connectivity index (χ1) is 13.6. The van der Waals surface area contributed by atoms with Crippen molar-refractivity contribution in [1.29, 1.82) is 0 Å². The standard InChI is InChI=1S/C21H18ClN3O3/c22-14-5-6-18-23-17-7-9-24(12-16(17)20(26)25(18)11-14)21(27)19-15-4-2-1-3-13(15)8-10-28-19/h1-6,11,19H,7-10,12H2. The maximum absolute atomic E-state index is 13.2. The maximum atomic E-state index is 13.2. The van der Waals surface area contributed by atoms with E-state index in [1.165, 1.54) is 4.40 Å². The second-order valence-corrected chi connectivity index (χ2v) is 7.56. The summed E-state index contributed by atoms with van der Waals surface area (Å²) in [6.45, 7) is 1.27. The van der Waals surface area contributed by atoms with E-state index in [2.05, 4.69) is 4.98 Å². The molecule has 0 saturated carbocycles. The first-order valence-electron chi connectivity index (χ1n) is 9.30. The Morgan fingerprint density at radius 3 is 2.93 bits per heavy atom. The molecule has 2 aromatic heterocycles. The number of carbonyl (C=O) groups excluding carboxylic acids is 1. The van der Waals surface area contributed by atoms with Gasteiger partial charge in [0.25, 0.3) is 11.5 Å². The number of fused-ring (bicyclic) bond motifs is 3. The fraction of sp³-hybridized carbons (Fsp3) is 0.286. The largest absolute Gasteiger partial charge is 0.363 e. The molecule has 0 fully saturated rings. The molecule has 0 radical (unpaired) electrons. The van der Waals surface area contributed by atoms with Gasteiger partial charge >= 0.3 is 0 Å². The minimum atomic E-state index is -0.614. The van der Waals surface area contributed by atoms with Crippen LogP contribution in [0.1, 0.15) is 28.5 Å². The molecule has 1 unspecified atom stereocenters. The number of rotatable bonds is 1. The SMILES string of the molecule is O=C(C1OCCc2ccccc21)N1CCc2nc3ccc(Cl)cn3c(=O)c2C1. The molecule has 0 aliphatic carbocycles. The third-order valence-corrected chi connectivity index (χ3v) is 5.69. The van der Waals surface area contributed by atoms with Crippen LogP contribution in [0.4, 0.5) is 0 Å². The Bertz CT molecular complexity index is 1160. The second-order valence-electron chi connectivity index (χ2n) is 7.13. The van der Waals surface area contributed by atoms with E-state index in [0.717, 1.165) is 23.2 Å². The molecule has 3 aromatic rings. The van der Waals surface area contributed by atoms with E-state index in [-0.39, 0.29) is 18.0 Å². The summed E-state index contributed by atoms with van der Waals surface area (Å²) in [5.41, 5.74) is 3.75. The van der Waals surface area contributed by atoms with Crippen molar-refractivity contribution in [3.63, 3.8) is 0 Å². The van der Waals surface area contributed by atoms with Crippen LogP contribution in [0.25, 0.3) is 5.65 Å². The van der Waals surface area contributed by atoms with Crippen molar-refractivity contribution in [2.75, 3.05) is 13.2 Å². The van der Waals surface area contributed by atoms with Gasteiger partial charge in [-0.2, -0.15) is 0 Å². The Morgan fingerprint density at radius 1 is 1.18 bits per heavy atom. The summed E-state index contributed by atoms with van der Waals surface area (Å²) in [5.74, 6) is -0.103. The van der Waals surface area contributed by atoms with E-state index in [0.29, 0.717) is 35.8 Å². The van der Waals surface area contributed by atoms with E-state index >= 15 is 0 Å². The second kappa shape index (κ2) is 6.72. The van der Waals surface area contributed by atoms with E-state index in [1.807, 2.05) is 24.3 Å². The van der Waals surface area contributed by atoms with Crippen LogP contribution in [0.3, 0.4) is 0 Å². The van der Waals surface area contributed by atoms with Gasteiger partial charge in [-0.25, -0.2) is 4.98 Å². The summed E-state index contributed by atoms with van der Waals surface area (Å²) in [4.78, 5) is 32.5. The molecule has 1 aromatic carbocycles. The number of hydrogen-bond acceptors (Lipinski definition) is 4. The lowest BCUT2D eigenvalue weighted by atomic mass is 9.96. The number of nitrogens with zero attached hydrogens (tertiary/aromatic N) is 3. The first kappa shape index (κ1) is 17.4. The van der Waals surface area contributed by atoms with Gasteiger partial charge in [0.2, 0.25) is 0 Å². The number of halogens is 1. The zero-order valence-electron chi connectivity index (χ0n) is 15.1. The lowest BCUT2D eigenvalue weighted by molar-refractivity contribution is -0.146. The lowest BCUT2D eigenvalue weighted by Crippen LogP contribution is -2.43. The van der Waals surface area contributed by atoms with Gasteiger partial charge in [0.1, 0.15) is 5.65 Å². The lowest BCUT2D eigenvalue weighted by Gasteiger charge is -2.33. The van der Waals surface area contributed by atoms with Crippen molar-refractivity contribution in [3.05, 3.63) is 80.4 Å². The highest BCUT2D eigenvalue weighted by atomic mass is 35.5. The van der Waals surface area contributed by atoms with Crippen LogP contribution in [0.15, 0.2) is 47.4 Å². The number of carbonyl (C=O) groups is 1. The molecule has 2 aliphatic rings. The molecule has 7 heteroatoms. The van der Waals surface area contributed by atoms with Gasteiger partial charge in [0.05, 0.1) is 29.4 Å². The van der Waals surface area contributed by atoms with E-state index in [4.69, 9.17) is 16.3 Å². The predicted octanol–water partition coefficient (Wildman–Crippen LogP) is 2.55. The number of hydrogen-bond donors (Lipinski definition) is 0. The molecule has 0 spiro atoms. The third-order valence-electron chi connectivity index (χ3n) is 5.46. The van der Waals surface area contributed by atoms with Crippen LogP contribution in [-0.4, -0.2) is 33.3 Å². The average molecular weight is 396 g/mol. The van der Waals surface area contributed by atoms with Crippen molar-refractivity contribution in [3.8, 4) is 0 Å². The minimum absolute atomic E-state index is 0.103.